The Balaban J connectivity index is 1.71. The third-order valence-corrected chi connectivity index (χ3v) is 7.38. The summed E-state index contributed by atoms with van der Waals surface area (Å²) in [4.78, 5) is 27.3. The van der Waals surface area contributed by atoms with Gasteiger partial charge in [0, 0.05) is 23.8 Å². The summed E-state index contributed by atoms with van der Waals surface area (Å²) < 4.78 is 9.24. The van der Waals surface area contributed by atoms with E-state index in [2.05, 4.69) is 50.6 Å². The summed E-state index contributed by atoms with van der Waals surface area (Å²) in [6.07, 6.45) is 7.40. The van der Waals surface area contributed by atoms with Crippen molar-refractivity contribution in [2.24, 2.45) is 0 Å². The number of carbonyl (C=O) groups excluding carboxylic acids is 1. The number of aryl methyl sites for hydroxylation is 1. The van der Waals surface area contributed by atoms with Gasteiger partial charge in [-0.2, -0.15) is 0 Å². The van der Waals surface area contributed by atoms with Crippen LogP contribution in [0, 0.1) is 6.92 Å². The van der Waals surface area contributed by atoms with Gasteiger partial charge in [-0.25, -0.2) is 4.79 Å². The van der Waals surface area contributed by atoms with Crippen LogP contribution in [0.25, 0.3) is 5.52 Å². The van der Waals surface area contributed by atoms with Crippen LogP contribution in [-0.2, 0) is 0 Å². The molecule has 0 fully saturated rings. The zero-order chi connectivity index (χ0) is 26.2. The van der Waals surface area contributed by atoms with Gasteiger partial charge >= 0.3 is 5.97 Å². The molecular weight excluding hydrogens is 588 g/mol. The van der Waals surface area contributed by atoms with Crippen molar-refractivity contribution in [3.05, 3.63) is 67.9 Å². The Morgan fingerprint density at radius 1 is 0.944 bits per heavy atom. The summed E-state index contributed by atoms with van der Waals surface area (Å²) in [6.45, 7) is 10.2. The molecule has 194 valence electrons. The minimum atomic E-state index is -0.998. The lowest BCUT2D eigenvalue weighted by atomic mass is 10.1. The van der Waals surface area contributed by atoms with Crippen molar-refractivity contribution in [1.29, 1.82) is 0 Å². The van der Waals surface area contributed by atoms with Crippen molar-refractivity contribution in [2.45, 2.75) is 52.9 Å². The molecule has 2 heterocycles. The molecule has 8 heteroatoms. The predicted molar refractivity (Wildman–Crippen MR) is 151 cm³/mol. The van der Waals surface area contributed by atoms with Crippen LogP contribution in [0.1, 0.15) is 77.9 Å². The van der Waals surface area contributed by atoms with Crippen LogP contribution >= 0.6 is 31.9 Å². The molecule has 36 heavy (non-hydrogen) atoms. The van der Waals surface area contributed by atoms with Gasteiger partial charge in [-0.3, -0.25) is 4.79 Å². The Kier molecular flexibility index (Phi) is 10.6. The zero-order valence-electron chi connectivity index (χ0n) is 21.2. The first kappa shape index (κ1) is 28.4. The molecule has 0 amide bonds. The molecule has 2 aromatic heterocycles. The molecule has 1 N–H and O–H groups in total. The fourth-order valence-electron chi connectivity index (χ4n) is 4.26. The number of ether oxygens (including phenoxy) is 1. The van der Waals surface area contributed by atoms with Crippen molar-refractivity contribution in [3.8, 4) is 5.75 Å². The van der Waals surface area contributed by atoms with E-state index in [0.717, 1.165) is 31.6 Å². The zero-order valence-corrected chi connectivity index (χ0v) is 24.3. The summed E-state index contributed by atoms with van der Waals surface area (Å²) in [5.41, 5.74) is 2.65. The van der Waals surface area contributed by atoms with E-state index in [1.807, 2.05) is 13.0 Å². The van der Waals surface area contributed by atoms with E-state index in [0.29, 0.717) is 38.1 Å². The SMILES string of the molecule is CCCCN(CCCC)CCCOc1c(Br)cc(C(=O)c2c(C)cc3cc(C(=O)O)ccn23)cc1Br. The number of carboxylic acids is 1. The molecular formula is C28H34Br2N2O4. The number of nitrogens with zero attached hydrogens (tertiary/aromatic N) is 2. The standard InChI is InChI=1S/C28H34Br2N2O4/c1-4-6-10-31(11-7-5-2)12-8-14-36-27-23(29)17-21(18-24(27)30)26(33)25-19(3)15-22-16-20(28(34)35)9-13-32(22)25/h9,13,15-18H,4-8,10-12,14H2,1-3H3,(H,34,35). The van der Waals surface area contributed by atoms with Gasteiger partial charge in [0.2, 0.25) is 5.78 Å². The van der Waals surface area contributed by atoms with E-state index in [4.69, 9.17) is 4.74 Å². The molecule has 3 aromatic rings. The Labute approximate surface area is 229 Å². The number of hydrogen-bond acceptors (Lipinski definition) is 4. The highest BCUT2D eigenvalue weighted by Crippen LogP contribution is 2.36. The predicted octanol–water partition coefficient (Wildman–Crippen LogP) is 7.37. The molecule has 3 rings (SSSR count). The second-order valence-corrected chi connectivity index (χ2v) is 10.7. The summed E-state index contributed by atoms with van der Waals surface area (Å²) in [5, 5.41) is 9.27. The molecule has 0 spiro atoms. The van der Waals surface area contributed by atoms with E-state index in [1.54, 1.807) is 28.8 Å². The van der Waals surface area contributed by atoms with E-state index in [-0.39, 0.29) is 11.3 Å². The van der Waals surface area contributed by atoms with Gasteiger partial charge in [0.25, 0.3) is 0 Å². The van der Waals surface area contributed by atoms with Crippen LogP contribution in [0.4, 0.5) is 0 Å². The third kappa shape index (κ3) is 6.99. The highest BCUT2D eigenvalue weighted by atomic mass is 79.9. The van der Waals surface area contributed by atoms with E-state index >= 15 is 0 Å². The van der Waals surface area contributed by atoms with Gasteiger partial charge in [-0.15, -0.1) is 0 Å². The highest BCUT2D eigenvalue weighted by Gasteiger charge is 2.21. The van der Waals surface area contributed by atoms with Crippen molar-refractivity contribution < 1.29 is 19.4 Å². The van der Waals surface area contributed by atoms with Crippen LogP contribution in [0.5, 0.6) is 5.75 Å². The topological polar surface area (TPSA) is 71.2 Å². The molecule has 0 saturated carbocycles. The molecule has 6 nitrogen and oxygen atoms in total. The van der Waals surface area contributed by atoms with Gasteiger partial charge < -0.3 is 19.1 Å². The third-order valence-electron chi connectivity index (χ3n) is 6.21. The monoisotopic (exact) mass is 620 g/mol. The smallest absolute Gasteiger partial charge is 0.335 e. The number of unbranched alkanes of at least 4 members (excludes halogenated alkanes) is 2. The number of carbonyl (C=O) groups is 2. The maximum atomic E-state index is 13.5. The fourth-order valence-corrected chi connectivity index (χ4v) is 5.68. The number of fused-ring (bicyclic) bond motifs is 1. The van der Waals surface area contributed by atoms with Crippen LogP contribution in [0.15, 0.2) is 45.5 Å². The molecule has 0 bridgehead atoms. The van der Waals surface area contributed by atoms with Gasteiger partial charge in [0.1, 0.15) is 5.75 Å². The maximum absolute atomic E-state index is 13.5. The van der Waals surface area contributed by atoms with Crippen LogP contribution in [0.3, 0.4) is 0 Å². The molecule has 1 aromatic carbocycles. The fraction of sp³-hybridized carbons (Fsp3) is 0.429. The van der Waals surface area contributed by atoms with Crippen LogP contribution in [0.2, 0.25) is 0 Å². The number of pyridine rings is 1. The Morgan fingerprint density at radius 2 is 1.56 bits per heavy atom. The van der Waals surface area contributed by atoms with Gasteiger partial charge in [0.05, 0.1) is 26.8 Å². The van der Waals surface area contributed by atoms with Crippen molar-refractivity contribution in [3.63, 3.8) is 0 Å². The largest absolute Gasteiger partial charge is 0.491 e. The molecule has 0 saturated heterocycles. The first-order valence-electron chi connectivity index (χ1n) is 12.5. The summed E-state index contributed by atoms with van der Waals surface area (Å²) in [7, 11) is 0. The summed E-state index contributed by atoms with van der Waals surface area (Å²) in [6, 6.07) is 8.45. The normalized spacial score (nSPS) is 11.4. The van der Waals surface area contributed by atoms with Crippen molar-refractivity contribution in [2.75, 3.05) is 26.2 Å². The lowest BCUT2D eigenvalue weighted by Crippen LogP contribution is -2.28. The molecule has 0 aliphatic heterocycles. The number of ketones is 1. The minimum absolute atomic E-state index is 0.147. The molecule has 0 atom stereocenters. The number of halogens is 2. The Morgan fingerprint density at radius 3 is 2.14 bits per heavy atom. The van der Waals surface area contributed by atoms with E-state index in [1.165, 1.54) is 31.7 Å². The Bertz CT molecular complexity index is 1190. The van der Waals surface area contributed by atoms with E-state index < -0.39 is 5.97 Å². The van der Waals surface area contributed by atoms with Crippen LogP contribution in [-0.4, -0.2) is 52.4 Å². The first-order chi connectivity index (χ1) is 17.3. The van der Waals surface area contributed by atoms with Gasteiger partial charge in [-0.05, 0) is 107 Å². The number of carboxylic acid groups (broad SMARTS) is 1. The summed E-state index contributed by atoms with van der Waals surface area (Å²) in [5.74, 6) is -0.462. The average Bonchev–Trinajstić information content (AvgIpc) is 3.18. The first-order valence-corrected chi connectivity index (χ1v) is 14.1. The second kappa shape index (κ2) is 13.4. The van der Waals surface area contributed by atoms with Crippen molar-refractivity contribution in [1.82, 2.24) is 9.30 Å². The number of benzene rings is 1. The molecule has 0 unspecified atom stereocenters. The average molecular weight is 622 g/mol. The van der Waals surface area contributed by atoms with Crippen LogP contribution < -0.4 is 4.74 Å². The van der Waals surface area contributed by atoms with Gasteiger partial charge in [0.15, 0.2) is 0 Å². The Hall–Kier alpha value is -2.16. The highest BCUT2D eigenvalue weighted by molar-refractivity contribution is 9.11. The quantitative estimate of drug-likeness (QED) is 0.150. The van der Waals surface area contributed by atoms with Gasteiger partial charge in [-0.1, -0.05) is 26.7 Å². The minimum Gasteiger partial charge on any atom is -0.491 e. The number of hydrogen-bond donors (Lipinski definition) is 1. The number of aromatic nitrogens is 1. The number of aromatic carboxylic acids is 1. The molecule has 0 aliphatic carbocycles. The van der Waals surface area contributed by atoms with Crippen molar-refractivity contribution >= 4 is 49.1 Å². The molecule has 0 radical (unpaired) electrons. The second-order valence-electron chi connectivity index (χ2n) is 9.04. The molecule has 0 aliphatic rings. The maximum Gasteiger partial charge on any atom is 0.335 e. The summed E-state index contributed by atoms with van der Waals surface area (Å²) >= 11 is 7.17. The van der Waals surface area contributed by atoms with E-state index in [9.17, 15) is 14.7 Å². The number of rotatable bonds is 14. The lowest BCUT2D eigenvalue weighted by Gasteiger charge is -2.22. The lowest BCUT2D eigenvalue weighted by molar-refractivity contribution is 0.0696.